The van der Waals surface area contributed by atoms with Crippen molar-refractivity contribution in [2.75, 3.05) is 5.32 Å². The standard InChI is InChI=1S/C22H18ClNO2S/c1-14-11-15(2)20(19(23)12-14)24-22(26)18(13-17-9-6-10-27-17)21(25)16-7-4-3-5-8-16/h3-13H,1-2H3,(H,24,26)/b18-13+. The van der Waals surface area contributed by atoms with Crippen LogP contribution in [0.1, 0.15) is 26.4 Å². The number of amides is 1. The number of ketones is 1. The molecular weight excluding hydrogens is 378 g/mol. The molecule has 27 heavy (non-hydrogen) atoms. The Morgan fingerprint density at radius 1 is 1.04 bits per heavy atom. The van der Waals surface area contributed by atoms with Crippen molar-refractivity contribution in [2.24, 2.45) is 0 Å². The van der Waals surface area contributed by atoms with E-state index in [0.29, 0.717) is 16.3 Å². The quantitative estimate of drug-likeness (QED) is 0.252. The van der Waals surface area contributed by atoms with E-state index in [-0.39, 0.29) is 11.4 Å². The molecule has 0 radical (unpaired) electrons. The number of carbonyl (C=O) groups is 2. The molecule has 0 bridgehead atoms. The maximum absolute atomic E-state index is 13.0. The summed E-state index contributed by atoms with van der Waals surface area (Å²) in [7, 11) is 0. The van der Waals surface area contributed by atoms with Crippen LogP contribution in [0.4, 0.5) is 5.69 Å². The second-order valence-corrected chi connectivity index (χ2v) is 7.55. The van der Waals surface area contributed by atoms with Crippen LogP contribution in [0.15, 0.2) is 65.6 Å². The highest BCUT2D eigenvalue weighted by atomic mass is 35.5. The summed E-state index contributed by atoms with van der Waals surface area (Å²) in [5.74, 6) is -0.812. The van der Waals surface area contributed by atoms with Crippen molar-refractivity contribution in [1.82, 2.24) is 0 Å². The van der Waals surface area contributed by atoms with Gasteiger partial charge in [0.2, 0.25) is 0 Å². The van der Waals surface area contributed by atoms with Crippen LogP contribution >= 0.6 is 22.9 Å². The molecule has 0 aliphatic carbocycles. The van der Waals surface area contributed by atoms with Gasteiger partial charge in [0.25, 0.3) is 5.91 Å². The average Bonchev–Trinajstić information content (AvgIpc) is 3.16. The van der Waals surface area contributed by atoms with Gasteiger partial charge in [0, 0.05) is 10.4 Å². The fourth-order valence-corrected chi connectivity index (χ4v) is 3.78. The van der Waals surface area contributed by atoms with Crippen LogP contribution in [0.2, 0.25) is 5.02 Å². The lowest BCUT2D eigenvalue weighted by atomic mass is 10.0. The summed E-state index contributed by atoms with van der Waals surface area (Å²) in [4.78, 5) is 26.8. The van der Waals surface area contributed by atoms with Crippen LogP contribution in [0.5, 0.6) is 0 Å². The maximum Gasteiger partial charge on any atom is 0.259 e. The van der Waals surface area contributed by atoms with Crippen LogP contribution in [-0.2, 0) is 4.79 Å². The Morgan fingerprint density at radius 2 is 1.78 bits per heavy atom. The number of benzene rings is 2. The predicted molar refractivity (Wildman–Crippen MR) is 113 cm³/mol. The van der Waals surface area contributed by atoms with Gasteiger partial charge in [0.15, 0.2) is 5.78 Å². The summed E-state index contributed by atoms with van der Waals surface area (Å²) in [5, 5.41) is 5.16. The lowest BCUT2D eigenvalue weighted by Crippen LogP contribution is -2.21. The van der Waals surface area contributed by atoms with Gasteiger partial charge in [-0.1, -0.05) is 54.1 Å². The number of thiophene rings is 1. The molecule has 5 heteroatoms. The molecule has 1 amide bonds. The van der Waals surface area contributed by atoms with Crippen LogP contribution in [-0.4, -0.2) is 11.7 Å². The Kier molecular flexibility index (Phi) is 5.89. The number of halogens is 1. The molecule has 0 unspecified atom stereocenters. The molecule has 0 spiro atoms. The number of Topliss-reactive ketones (excluding diaryl/α,β-unsaturated/α-hetero) is 1. The van der Waals surface area contributed by atoms with E-state index in [2.05, 4.69) is 5.32 Å². The van der Waals surface area contributed by atoms with Crippen LogP contribution in [0.25, 0.3) is 6.08 Å². The van der Waals surface area contributed by atoms with Crippen molar-refractivity contribution in [3.63, 3.8) is 0 Å². The lowest BCUT2D eigenvalue weighted by Gasteiger charge is -2.13. The van der Waals surface area contributed by atoms with Crippen LogP contribution < -0.4 is 5.32 Å². The Morgan fingerprint density at radius 3 is 2.41 bits per heavy atom. The third-order valence-corrected chi connectivity index (χ3v) is 5.14. The highest BCUT2D eigenvalue weighted by Crippen LogP contribution is 2.28. The van der Waals surface area contributed by atoms with Crippen molar-refractivity contribution >= 4 is 46.4 Å². The smallest absolute Gasteiger partial charge is 0.259 e. The zero-order valence-electron chi connectivity index (χ0n) is 15.0. The van der Waals surface area contributed by atoms with Gasteiger partial charge in [-0.25, -0.2) is 0 Å². The van der Waals surface area contributed by atoms with E-state index in [1.807, 2.05) is 43.5 Å². The van der Waals surface area contributed by atoms with E-state index in [4.69, 9.17) is 11.6 Å². The summed E-state index contributed by atoms with van der Waals surface area (Å²) in [6.07, 6.45) is 1.62. The first kappa shape index (κ1) is 19.1. The molecule has 1 aromatic heterocycles. The van der Waals surface area contributed by atoms with Gasteiger partial charge < -0.3 is 5.32 Å². The molecule has 0 saturated heterocycles. The predicted octanol–water partition coefficient (Wildman–Crippen LogP) is 5.92. The number of carbonyl (C=O) groups excluding carboxylic acids is 2. The lowest BCUT2D eigenvalue weighted by molar-refractivity contribution is -0.112. The Hall–Kier alpha value is -2.69. The Balaban J connectivity index is 1.98. The topological polar surface area (TPSA) is 46.2 Å². The van der Waals surface area contributed by atoms with E-state index in [0.717, 1.165) is 16.0 Å². The molecule has 1 heterocycles. The maximum atomic E-state index is 13.0. The minimum atomic E-state index is -0.480. The number of anilines is 1. The van der Waals surface area contributed by atoms with Gasteiger partial charge in [-0.15, -0.1) is 11.3 Å². The van der Waals surface area contributed by atoms with Crippen molar-refractivity contribution < 1.29 is 9.59 Å². The molecule has 0 fully saturated rings. The van der Waals surface area contributed by atoms with Crippen molar-refractivity contribution in [1.29, 1.82) is 0 Å². The Bertz CT molecular complexity index is 985. The largest absolute Gasteiger partial charge is 0.320 e. The molecule has 3 nitrogen and oxygen atoms in total. The van der Waals surface area contributed by atoms with Crippen molar-refractivity contribution in [3.8, 4) is 0 Å². The normalized spacial score (nSPS) is 11.3. The summed E-state index contributed by atoms with van der Waals surface area (Å²) in [5.41, 5.74) is 2.90. The van der Waals surface area contributed by atoms with E-state index >= 15 is 0 Å². The molecule has 0 aliphatic rings. The van der Waals surface area contributed by atoms with E-state index in [9.17, 15) is 9.59 Å². The zero-order chi connectivity index (χ0) is 19.4. The van der Waals surface area contributed by atoms with Gasteiger partial charge in [-0.05, 0) is 48.6 Å². The number of nitrogens with one attached hydrogen (secondary N) is 1. The first-order valence-corrected chi connectivity index (χ1v) is 9.64. The van der Waals surface area contributed by atoms with E-state index in [1.54, 1.807) is 36.4 Å². The summed E-state index contributed by atoms with van der Waals surface area (Å²) in [6.45, 7) is 3.81. The fourth-order valence-electron chi connectivity index (χ4n) is 2.75. The van der Waals surface area contributed by atoms with Gasteiger partial charge in [0.1, 0.15) is 0 Å². The van der Waals surface area contributed by atoms with Gasteiger partial charge in [-0.2, -0.15) is 0 Å². The molecule has 2 aromatic carbocycles. The van der Waals surface area contributed by atoms with Crippen LogP contribution in [0.3, 0.4) is 0 Å². The zero-order valence-corrected chi connectivity index (χ0v) is 16.5. The molecule has 1 N–H and O–H groups in total. The molecule has 3 rings (SSSR count). The van der Waals surface area contributed by atoms with Gasteiger partial charge in [-0.3, -0.25) is 9.59 Å². The molecule has 0 atom stereocenters. The van der Waals surface area contributed by atoms with Crippen molar-refractivity contribution in [2.45, 2.75) is 13.8 Å². The summed E-state index contributed by atoms with van der Waals surface area (Å²) >= 11 is 7.77. The second-order valence-electron chi connectivity index (χ2n) is 6.16. The van der Waals surface area contributed by atoms with Crippen molar-refractivity contribution in [3.05, 3.63) is 92.1 Å². The van der Waals surface area contributed by atoms with E-state index < -0.39 is 5.91 Å². The average molecular weight is 396 g/mol. The van der Waals surface area contributed by atoms with Gasteiger partial charge >= 0.3 is 0 Å². The SMILES string of the molecule is Cc1cc(C)c(NC(=O)/C(=C/c2cccs2)C(=O)c2ccccc2)c(Cl)c1. The molecular formula is C22H18ClNO2S. The number of rotatable bonds is 5. The fraction of sp³-hybridized carbons (Fsp3) is 0.0909. The molecule has 0 aliphatic heterocycles. The third kappa shape index (κ3) is 4.54. The highest BCUT2D eigenvalue weighted by molar-refractivity contribution is 7.10. The third-order valence-electron chi connectivity index (χ3n) is 4.03. The first-order valence-electron chi connectivity index (χ1n) is 8.39. The number of hydrogen-bond donors (Lipinski definition) is 1. The second kappa shape index (κ2) is 8.33. The minimum Gasteiger partial charge on any atom is -0.320 e. The first-order chi connectivity index (χ1) is 13.0. The Labute approximate surface area is 167 Å². The van der Waals surface area contributed by atoms with E-state index in [1.165, 1.54) is 11.3 Å². The monoisotopic (exact) mass is 395 g/mol. The number of aryl methyl sites for hydroxylation is 2. The molecule has 0 saturated carbocycles. The molecule has 3 aromatic rings. The summed E-state index contributed by atoms with van der Waals surface area (Å²) in [6, 6.07) is 16.2. The van der Waals surface area contributed by atoms with Gasteiger partial charge in [0.05, 0.1) is 16.3 Å². The highest BCUT2D eigenvalue weighted by Gasteiger charge is 2.21. The summed E-state index contributed by atoms with van der Waals surface area (Å²) < 4.78 is 0. The van der Waals surface area contributed by atoms with Crippen LogP contribution in [0, 0.1) is 13.8 Å². The minimum absolute atomic E-state index is 0.0692. The number of hydrogen-bond acceptors (Lipinski definition) is 3. The molecule has 136 valence electrons.